The maximum atomic E-state index is 11.9. The number of hydrogen-bond acceptors (Lipinski definition) is 4. The van der Waals surface area contributed by atoms with Gasteiger partial charge in [0.15, 0.2) is 0 Å². The Hall–Kier alpha value is -2.70. The fourth-order valence-electron chi connectivity index (χ4n) is 2.72. The van der Waals surface area contributed by atoms with E-state index < -0.39 is 0 Å². The van der Waals surface area contributed by atoms with Gasteiger partial charge in [-0.2, -0.15) is 10.1 Å². The van der Waals surface area contributed by atoms with Crippen LogP contribution >= 0.6 is 0 Å². The highest BCUT2D eigenvalue weighted by Gasteiger charge is 2.13. The van der Waals surface area contributed by atoms with Crippen molar-refractivity contribution in [1.29, 1.82) is 0 Å². The number of carbonyl (C=O) groups excluding carboxylic acids is 2. The van der Waals surface area contributed by atoms with Crippen LogP contribution in [0.1, 0.15) is 44.9 Å². The second-order valence-corrected chi connectivity index (χ2v) is 6.35. The lowest BCUT2D eigenvalue weighted by molar-refractivity contribution is -0.124. The molecule has 2 N–H and O–H groups in total. The number of hydrogen-bond donors (Lipinski definition) is 2. The normalized spacial score (nSPS) is 10.4. The van der Waals surface area contributed by atoms with Gasteiger partial charge < -0.3 is 0 Å². The Morgan fingerprint density at radius 3 is 1.30 bits per heavy atom. The van der Waals surface area contributed by atoms with Crippen molar-refractivity contribution in [3.63, 3.8) is 0 Å². The fourth-order valence-corrected chi connectivity index (χ4v) is 2.72. The maximum Gasteiger partial charge on any atom is 0.250 e. The second-order valence-electron chi connectivity index (χ2n) is 6.35. The van der Waals surface area contributed by atoms with Gasteiger partial charge in [0.25, 0.3) is 11.8 Å². The van der Waals surface area contributed by atoms with Crippen molar-refractivity contribution in [2.45, 2.75) is 44.9 Å². The van der Waals surface area contributed by atoms with Crippen LogP contribution in [0.15, 0.2) is 60.7 Å². The van der Waals surface area contributed by atoms with Crippen LogP contribution in [0.5, 0.6) is 0 Å². The van der Waals surface area contributed by atoms with E-state index in [-0.39, 0.29) is 24.7 Å². The first-order chi connectivity index (χ1) is 13.1. The number of carbonyl (C=O) groups is 2. The lowest BCUT2D eigenvalue weighted by atomic mass is 10.1. The minimum atomic E-state index is -0.324. The molecule has 0 heterocycles. The van der Waals surface area contributed by atoms with E-state index in [0.717, 1.165) is 19.3 Å². The Bertz CT molecular complexity index is 645. The zero-order valence-electron chi connectivity index (χ0n) is 15.3. The van der Waals surface area contributed by atoms with Crippen LogP contribution in [-0.2, 0) is 9.59 Å². The van der Waals surface area contributed by atoms with E-state index in [4.69, 9.17) is 0 Å². The standard InChI is InChI=1S/C21H26N2O4/c24-20(22(26)18-12-6-4-7-13-18)16-10-2-1-3-11-17-21(25)23(27)19-14-8-5-9-15-19/h4-9,12-15,26-27H,1-3,10-11,16-17H2. The van der Waals surface area contributed by atoms with E-state index in [2.05, 4.69) is 0 Å². The number of hydroxylamine groups is 2. The number of amides is 2. The monoisotopic (exact) mass is 370 g/mol. The number of para-hydroxylation sites is 2. The molecular weight excluding hydrogens is 344 g/mol. The van der Waals surface area contributed by atoms with Crippen LogP contribution in [0.4, 0.5) is 11.4 Å². The molecule has 6 nitrogen and oxygen atoms in total. The molecule has 27 heavy (non-hydrogen) atoms. The summed E-state index contributed by atoms with van der Waals surface area (Å²) in [7, 11) is 0. The largest absolute Gasteiger partial charge is 0.281 e. The molecule has 0 aromatic heterocycles. The van der Waals surface area contributed by atoms with Gasteiger partial charge in [0.05, 0.1) is 11.4 Å². The molecule has 2 amide bonds. The zero-order valence-corrected chi connectivity index (χ0v) is 15.3. The summed E-state index contributed by atoms with van der Waals surface area (Å²) < 4.78 is 0. The number of benzene rings is 2. The van der Waals surface area contributed by atoms with E-state index in [1.54, 1.807) is 48.5 Å². The average Bonchev–Trinajstić information content (AvgIpc) is 2.72. The van der Waals surface area contributed by atoms with Crippen molar-refractivity contribution >= 4 is 23.2 Å². The molecule has 2 rings (SSSR count). The molecule has 6 heteroatoms. The predicted octanol–water partition coefficient (Wildman–Crippen LogP) is 4.56. The van der Waals surface area contributed by atoms with Gasteiger partial charge >= 0.3 is 0 Å². The van der Waals surface area contributed by atoms with E-state index >= 15 is 0 Å². The van der Waals surface area contributed by atoms with Crippen LogP contribution < -0.4 is 10.1 Å². The molecular formula is C21H26N2O4. The van der Waals surface area contributed by atoms with Gasteiger partial charge in [-0.3, -0.25) is 20.0 Å². The summed E-state index contributed by atoms with van der Waals surface area (Å²) in [5.74, 6) is -0.648. The first-order valence-electron chi connectivity index (χ1n) is 9.23. The lowest BCUT2D eigenvalue weighted by Crippen LogP contribution is -2.26. The van der Waals surface area contributed by atoms with Crippen LogP contribution in [0.2, 0.25) is 0 Å². The average molecular weight is 370 g/mol. The van der Waals surface area contributed by atoms with Gasteiger partial charge in [-0.15, -0.1) is 0 Å². The molecule has 0 aliphatic rings. The molecule has 2 aromatic rings. The molecule has 2 aromatic carbocycles. The number of rotatable bonds is 10. The molecule has 0 spiro atoms. The van der Waals surface area contributed by atoms with Crippen molar-refractivity contribution in [3.05, 3.63) is 60.7 Å². The minimum absolute atomic E-state index is 0.281. The highest BCUT2D eigenvalue weighted by Crippen LogP contribution is 2.16. The molecule has 0 saturated heterocycles. The van der Waals surface area contributed by atoms with Crippen LogP contribution in [0.3, 0.4) is 0 Å². The maximum absolute atomic E-state index is 11.9. The molecule has 0 radical (unpaired) electrons. The van der Waals surface area contributed by atoms with Gasteiger partial charge in [0.2, 0.25) is 0 Å². The topological polar surface area (TPSA) is 81.1 Å². The van der Waals surface area contributed by atoms with Gasteiger partial charge in [-0.05, 0) is 37.1 Å². The first kappa shape index (κ1) is 20.6. The number of nitrogens with zero attached hydrogens (tertiary/aromatic N) is 2. The Kier molecular flexibility index (Phi) is 8.48. The highest BCUT2D eigenvalue weighted by molar-refractivity contribution is 5.91. The fraction of sp³-hybridized carbons (Fsp3) is 0.333. The lowest BCUT2D eigenvalue weighted by Gasteiger charge is -2.15. The summed E-state index contributed by atoms with van der Waals surface area (Å²) in [5.41, 5.74) is 0.931. The third kappa shape index (κ3) is 6.84. The quantitative estimate of drug-likeness (QED) is 0.365. The molecule has 0 aliphatic carbocycles. The number of unbranched alkanes of at least 4 members (excludes halogenated alkanes) is 4. The number of anilines is 2. The minimum Gasteiger partial charge on any atom is -0.281 e. The van der Waals surface area contributed by atoms with Crippen molar-refractivity contribution in [2.24, 2.45) is 0 Å². The van der Waals surface area contributed by atoms with E-state index in [0.29, 0.717) is 34.3 Å². The Morgan fingerprint density at radius 2 is 0.926 bits per heavy atom. The summed E-state index contributed by atoms with van der Waals surface area (Å²) in [4.78, 5) is 23.9. The molecule has 0 aliphatic heterocycles. The van der Waals surface area contributed by atoms with Gasteiger partial charge in [-0.1, -0.05) is 55.7 Å². The molecule has 0 bridgehead atoms. The summed E-state index contributed by atoms with van der Waals surface area (Å²) in [6.45, 7) is 0. The van der Waals surface area contributed by atoms with Gasteiger partial charge in [-0.25, -0.2) is 0 Å². The highest BCUT2D eigenvalue weighted by atomic mass is 16.5. The van der Waals surface area contributed by atoms with E-state index in [9.17, 15) is 20.0 Å². The summed E-state index contributed by atoms with van der Waals surface area (Å²) in [5, 5.41) is 21.1. The zero-order chi connectivity index (χ0) is 19.5. The molecule has 144 valence electrons. The van der Waals surface area contributed by atoms with Crippen molar-refractivity contribution in [2.75, 3.05) is 10.1 Å². The summed E-state index contributed by atoms with van der Waals surface area (Å²) >= 11 is 0. The van der Waals surface area contributed by atoms with Crippen LogP contribution in [0.25, 0.3) is 0 Å². The Labute approximate surface area is 159 Å². The SMILES string of the molecule is O=C(CCCCCCCC(=O)N(O)c1ccccc1)N(O)c1ccccc1. The third-order valence-electron chi connectivity index (χ3n) is 4.26. The molecule has 0 atom stereocenters. The molecule has 0 unspecified atom stereocenters. The van der Waals surface area contributed by atoms with E-state index in [1.807, 2.05) is 12.1 Å². The van der Waals surface area contributed by atoms with Gasteiger partial charge in [0.1, 0.15) is 0 Å². The Balaban J connectivity index is 1.56. The smallest absolute Gasteiger partial charge is 0.250 e. The first-order valence-corrected chi connectivity index (χ1v) is 9.23. The van der Waals surface area contributed by atoms with Crippen molar-refractivity contribution < 1.29 is 20.0 Å². The molecule has 0 saturated carbocycles. The van der Waals surface area contributed by atoms with E-state index in [1.165, 1.54) is 0 Å². The predicted molar refractivity (Wildman–Crippen MR) is 104 cm³/mol. The van der Waals surface area contributed by atoms with Crippen LogP contribution in [0, 0.1) is 0 Å². The van der Waals surface area contributed by atoms with Gasteiger partial charge in [0, 0.05) is 12.8 Å². The second kappa shape index (κ2) is 11.1. The Morgan fingerprint density at radius 1 is 0.593 bits per heavy atom. The molecule has 0 fully saturated rings. The third-order valence-corrected chi connectivity index (χ3v) is 4.26. The summed E-state index contributed by atoms with van der Waals surface area (Å²) in [6, 6.07) is 17.4. The van der Waals surface area contributed by atoms with Crippen LogP contribution in [-0.4, -0.2) is 22.2 Å². The van der Waals surface area contributed by atoms with Crippen molar-refractivity contribution in [3.8, 4) is 0 Å². The van der Waals surface area contributed by atoms with Crippen molar-refractivity contribution in [1.82, 2.24) is 0 Å². The summed E-state index contributed by atoms with van der Waals surface area (Å²) in [6.07, 6.45) is 4.54.